The fourth-order valence-corrected chi connectivity index (χ4v) is 13.6. The quantitative estimate of drug-likeness (QED) is 0.0535. The number of aryl methyl sites for hydroxylation is 1. The number of hydrogen-bond acceptors (Lipinski definition) is 19. The number of morpholine rings is 1. The summed E-state index contributed by atoms with van der Waals surface area (Å²) in [5, 5.41) is 23.0. The van der Waals surface area contributed by atoms with Crippen molar-refractivity contribution < 1.29 is 36.2 Å². The predicted molar refractivity (Wildman–Crippen MR) is 487 cm³/mol. The molecule has 10 rings (SSSR count). The van der Waals surface area contributed by atoms with Crippen molar-refractivity contribution in [2.24, 2.45) is 28.7 Å². The van der Waals surface area contributed by atoms with Crippen LogP contribution < -0.4 is 15.8 Å². The van der Waals surface area contributed by atoms with Crippen LogP contribution in [0.4, 0.5) is 5.69 Å². The number of anilines is 1. The molecule has 1 unspecified atom stereocenters. The van der Waals surface area contributed by atoms with Gasteiger partial charge in [0.1, 0.15) is 11.5 Å². The maximum atomic E-state index is 11.5. The molecule has 0 saturated carbocycles. The van der Waals surface area contributed by atoms with Gasteiger partial charge in [0.2, 0.25) is 0 Å². The summed E-state index contributed by atoms with van der Waals surface area (Å²) in [6.07, 6.45) is 9.74. The number of benzene rings is 4. The van der Waals surface area contributed by atoms with Crippen molar-refractivity contribution in [2.45, 2.75) is 288 Å². The normalized spacial score (nSPS) is 14.3. The number of phenolic OH excluding ortho intramolecular Hbond substituents is 1. The number of phenols is 1. The molecule has 3 aliphatic heterocycles. The Labute approximate surface area is 700 Å². The molecule has 0 spiro atoms. The summed E-state index contributed by atoms with van der Waals surface area (Å²) in [7, 11) is -4.15. The van der Waals surface area contributed by atoms with E-state index in [4.69, 9.17) is 20.3 Å². The lowest BCUT2D eigenvalue weighted by atomic mass is 10.0. The third-order valence-electron chi connectivity index (χ3n) is 17.7. The van der Waals surface area contributed by atoms with E-state index in [1.54, 1.807) is 72.9 Å². The van der Waals surface area contributed by atoms with Gasteiger partial charge in [-0.05, 0) is 225 Å². The number of ether oxygens (including phenoxy) is 2. The number of fused-ring (bicyclic) bond motifs is 1. The first-order valence-corrected chi connectivity index (χ1v) is 46.7. The summed E-state index contributed by atoms with van der Waals surface area (Å²) in [5.41, 5.74) is 15.3. The van der Waals surface area contributed by atoms with Gasteiger partial charge in [0.25, 0.3) is 5.91 Å². The number of thiazole rings is 2. The molecule has 4 N–H and O–H groups in total. The maximum absolute atomic E-state index is 11.5. The molecule has 1 amide bonds. The zero-order valence-electron chi connectivity index (χ0n) is 75.3. The van der Waals surface area contributed by atoms with Gasteiger partial charge in [-0.1, -0.05) is 169 Å². The standard InChI is InChI=1S/C12H15NO2.C11H18N2OS.C11H18N2S.C11H16O2S.C10H13NO.C10H14O2S.C9H21N.C7H12N2.C7H15N.C3H9N/c1-7(2)9-4-5-11-10(6-9)13-12(14)8(3)15-11;1-9(2)11-12-10(8-15-11)7-13-3-5-14-6-4-13;1-9(2)11-12-10(8-14-11)7-13-5-3-4-6-13;1-4-14(12,13)11-7-5-10(6-8-11)9(2)3;1-8(2)11-7-9-3-5-10(12)6-4-9;1-8(2)9-4-6-10(7-5-9)13(3,11)12;1-5-10(6-2)8-7-9(3)4;1-6(2)7-4-5-9(3)8-7;1-5-7(4)8-6(2)3;1-3(2)4/h4-8H,1-3H3,(H,13,14);8-9H,3-7H2,1-2H3;8-9H,3-7H2,1-2H3;5-9H,4H2,1-3H3;3-8,12H,1-2H3;4-8H,1-3H3;9H,5-8H2,1-4H3;4-6H,1-3H3;6H,5H2,1-4H3;3H,4H2,1-2H3. The minimum atomic E-state index is -3.05. The Morgan fingerprint density at radius 1 is 0.640 bits per heavy atom. The fraction of sp³-hybridized carbons (Fsp3) is 0.604. The van der Waals surface area contributed by atoms with E-state index >= 15 is 0 Å². The number of amides is 1. The Hall–Kier alpha value is -6.54. The molecular weight excluding hydrogens is 1500 g/mol. The second-order valence-corrected chi connectivity index (χ2v) is 38.2. The van der Waals surface area contributed by atoms with E-state index < -0.39 is 25.8 Å². The van der Waals surface area contributed by atoms with Crippen LogP contribution in [0.1, 0.15) is 291 Å². The molecule has 114 heavy (non-hydrogen) atoms. The van der Waals surface area contributed by atoms with Crippen molar-refractivity contribution in [2.75, 3.05) is 76.4 Å². The number of carbonyl (C=O) groups excluding carboxylic acids is 1. The Balaban J connectivity index is 0.000000641. The SMILES string of the molecule is CC(C)N.CC(C)N=Cc1ccc(O)cc1.CC(C)c1ccc(S(C)(=O)=O)cc1.CC(C)c1ccn(C)n1.CC(C)c1nc(CN2CCCC2)cs1.CC(C)c1nc(CN2CCOCC2)cs1.CC1Oc2ccc(C(C)C)cc2NC1=O.CCC(C)=NC(C)C.CCN(CC)CCC(C)C.CCS(=O)(=O)c1ccc(C(C)C)cc1. The summed E-state index contributed by atoms with van der Waals surface area (Å²) in [4.78, 5) is 37.4. The van der Waals surface area contributed by atoms with Gasteiger partial charge in [0, 0.05) is 92.3 Å². The Morgan fingerprint density at radius 3 is 1.46 bits per heavy atom. The molecule has 19 nitrogen and oxygen atoms in total. The first-order valence-electron chi connectivity index (χ1n) is 41.4. The fourth-order valence-electron chi connectivity index (χ4n) is 10.4. The highest BCUT2D eigenvalue weighted by Gasteiger charge is 2.24. The molecule has 0 aliphatic carbocycles. The van der Waals surface area contributed by atoms with Gasteiger partial charge in [0.15, 0.2) is 25.8 Å². The van der Waals surface area contributed by atoms with Crippen LogP contribution >= 0.6 is 22.7 Å². The Morgan fingerprint density at radius 2 is 1.11 bits per heavy atom. The summed E-state index contributed by atoms with van der Waals surface area (Å²) in [6.45, 7) is 66.4. The van der Waals surface area contributed by atoms with Crippen LogP contribution in [-0.2, 0) is 49.3 Å². The van der Waals surface area contributed by atoms with Crippen LogP contribution in [0.15, 0.2) is 134 Å². The summed E-state index contributed by atoms with van der Waals surface area (Å²) in [5.74, 6) is 4.97. The number of aromatic nitrogens is 4. The van der Waals surface area contributed by atoms with Crippen molar-refractivity contribution in [3.8, 4) is 11.5 Å². The van der Waals surface area contributed by atoms with Crippen molar-refractivity contribution in [1.29, 1.82) is 0 Å². The number of nitrogens with one attached hydrogen (secondary N) is 1. The predicted octanol–water partition coefficient (Wildman–Crippen LogP) is 21.1. The van der Waals surface area contributed by atoms with Crippen molar-refractivity contribution >= 4 is 65.9 Å². The maximum Gasteiger partial charge on any atom is 0.265 e. The molecule has 642 valence electrons. The lowest BCUT2D eigenvalue weighted by Gasteiger charge is -2.25. The van der Waals surface area contributed by atoms with Crippen LogP contribution in [0, 0.1) is 5.92 Å². The number of likely N-dealkylation sites (tertiary alicyclic amines) is 1. The molecule has 0 bridgehead atoms. The van der Waals surface area contributed by atoms with Crippen molar-refractivity contribution in [3.63, 3.8) is 0 Å². The van der Waals surface area contributed by atoms with E-state index in [1.807, 2.05) is 112 Å². The molecule has 4 aromatic carbocycles. The van der Waals surface area contributed by atoms with Crippen molar-refractivity contribution in [3.05, 3.63) is 163 Å². The number of nitrogens with zero attached hydrogens (tertiary/aromatic N) is 9. The van der Waals surface area contributed by atoms with E-state index in [1.165, 1.54) is 96.5 Å². The van der Waals surface area contributed by atoms with Gasteiger partial charge in [-0.2, -0.15) is 5.10 Å². The number of aliphatic imine (C=N–C) groups is 2. The summed E-state index contributed by atoms with van der Waals surface area (Å²) < 4.78 is 57.8. The van der Waals surface area contributed by atoms with Gasteiger partial charge >= 0.3 is 0 Å². The Bertz CT molecular complexity index is 3970. The first-order chi connectivity index (χ1) is 53.4. The van der Waals surface area contributed by atoms with Crippen molar-refractivity contribution in [1.82, 2.24) is 34.4 Å². The van der Waals surface area contributed by atoms with E-state index in [9.17, 15) is 21.6 Å². The van der Waals surface area contributed by atoms with Crippen LogP contribution in [0.5, 0.6) is 11.5 Å². The second-order valence-electron chi connectivity index (χ2n) is 32.1. The van der Waals surface area contributed by atoms with E-state index in [0.29, 0.717) is 63.4 Å². The molecule has 2 saturated heterocycles. The Kier molecular flexibility index (Phi) is 52.5. The molecule has 23 heteroatoms. The first kappa shape index (κ1) is 105. The lowest BCUT2D eigenvalue weighted by Crippen LogP contribution is -2.35. The molecule has 7 aromatic rings. The number of carbonyl (C=O) groups is 1. The second kappa shape index (κ2) is 56.7. The molecule has 0 radical (unpaired) electrons. The number of nitrogens with two attached hydrogens (primary N) is 1. The highest BCUT2D eigenvalue weighted by atomic mass is 32.2. The van der Waals surface area contributed by atoms with E-state index in [0.717, 1.165) is 80.0 Å². The van der Waals surface area contributed by atoms with Gasteiger partial charge in [-0.15, -0.1) is 22.7 Å². The third-order valence-corrected chi connectivity index (χ3v) is 23.0. The number of rotatable bonds is 22. The van der Waals surface area contributed by atoms with Crippen LogP contribution in [0.3, 0.4) is 0 Å². The minimum Gasteiger partial charge on any atom is -0.508 e. The van der Waals surface area contributed by atoms with E-state index in [-0.39, 0.29) is 17.4 Å². The number of sulfone groups is 2. The zero-order chi connectivity index (χ0) is 86.4. The molecule has 1 atom stereocenters. The largest absolute Gasteiger partial charge is 0.508 e. The third kappa shape index (κ3) is 46.4. The molecular formula is C91H151N11O8S4. The zero-order valence-corrected chi connectivity index (χ0v) is 78.5. The highest BCUT2D eigenvalue weighted by Crippen LogP contribution is 2.33. The highest BCUT2D eigenvalue weighted by molar-refractivity contribution is 7.91. The van der Waals surface area contributed by atoms with Gasteiger partial charge in [-0.25, -0.2) is 26.8 Å². The molecule has 3 aromatic heterocycles. The monoisotopic (exact) mass is 1650 g/mol. The van der Waals surface area contributed by atoms with Gasteiger partial charge in [0.05, 0.1) is 61.5 Å². The average Bonchev–Trinajstić information content (AvgIpc) is 1.19. The molecule has 3 aliphatic rings. The number of aromatic hydroxyl groups is 1. The summed E-state index contributed by atoms with van der Waals surface area (Å²) >= 11 is 3.58. The minimum absolute atomic E-state index is 0.0802. The van der Waals surface area contributed by atoms with Crippen LogP contribution in [0.25, 0.3) is 0 Å². The number of hydrogen-bond donors (Lipinski definition) is 3. The molecule has 6 heterocycles. The summed E-state index contributed by atoms with van der Waals surface area (Å²) in [6, 6.07) is 30.3. The van der Waals surface area contributed by atoms with Gasteiger partial charge in [-0.3, -0.25) is 29.3 Å². The van der Waals surface area contributed by atoms with Crippen LogP contribution in [0.2, 0.25) is 0 Å². The molecule has 2 fully saturated rings. The topological polar surface area (TPSA) is 240 Å². The smallest absolute Gasteiger partial charge is 0.265 e. The van der Waals surface area contributed by atoms with E-state index in [2.05, 4.69) is 194 Å². The average molecular weight is 1660 g/mol. The van der Waals surface area contributed by atoms with Gasteiger partial charge < -0.3 is 30.5 Å². The lowest BCUT2D eigenvalue weighted by molar-refractivity contribution is -0.122. The van der Waals surface area contributed by atoms with Crippen LogP contribution in [-0.4, -0.2) is 169 Å².